The number of nitrogens with one attached hydrogen (secondary N) is 1. The predicted octanol–water partition coefficient (Wildman–Crippen LogP) is 9.46. The third-order valence-electron chi connectivity index (χ3n) is 12.7. The van der Waals surface area contributed by atoms with E-state index >= 15 is 0 Å². The van der Waals surface area contributed by atoms with Crippen LogP contribution in [0.4, 0.5) is 13.2 Å². The topological polar surface area (TPSA) is 110 Å². The minimum absolute atomic E-state index is 0.0204. The minimum atomic E-state index is -4.77. The molecule has 1 aromatic heterocycles. The van der Waals surface area contributed by atoms with E-state index in [4.69, 9.17) is 25.8 Å². The van der Waals surface area contributed by atoms with E-state index in [1.165, 1.54) is 7.11 Å². The number of nitrogens with zero attached hydrogens (tertiary/aromatic N) is 2. The van der Waals surface area contributed by atoms with Crippen LogP contribution in [-0.2, 0) is 35.3 Å². The molecule has 0 unspecified atom stereocenters. The second kappa shape index (κ2) is 16.2. The summed E-state index contributed by atoms with van der Waals surface area (Å²) in [6, 6.07) is 18.7. The van der Waals surface area contributed by atoms with Crippen molar-refractivity contribution in [1.82, 2.24) is 15.2 Å². The molecule has 5 aliphatic rings. The highest BCUT2D eigenvalue weighted by molar-refractivity contribution is 6.36. The van der Waals surface area contributed by atoms with Crippen LogP contribution in [0.25, 0.3) is 22.3 Å². The predicted molar refractivity (Wildman–Crippen MR) is 213 cm³/mol. The summed E-state index contributed by atoms with van der Waals surface area (Å²) in [6.45, 7) is 1.74. The van der Waals surface area contributed by atoms with Gasteiger partial charge in [0.1, 0.15) is 23.2 Å². The second-order valence-corrected chi connectivity index (χ2v) is 16.6. The van der Waals surface area contributed by atoms with E-state index in [0.717, 1.165) is 63.7 Å². The Hall–Kier alpha value is -4.65. The monoisotopic (exact) mass is 817 g/mol. The Bertz CT molecular complexity index is 2220. The molecule has 9 rings (SSSR count). The number of alkyl halides is 3. The van der Waals surface area contributed by atoms with Crippen molar-refractivity contribution in [3.8, 4) is 39.8 Å². The van der Waals surface area contributed by atoms with Crippen LogP contribution in [0.1, 0.15) is 85.3 Å². The Morgan fingerprint density at radius 2 is 1.71 bits per heavy atom. The highest BCUT2D eigenvalue weighted by atomic mass is 35.5. The maximum atomic E-state index is 14.7. The first kappa shape index (κ1) is 40.1. The molecule has 0 amide bonds. The SMILES string of the molecule is COc1cc(-c2cccc(-c3cccc4c3CC[C@@H]4Oc3nc(OC)c(CN4CC5(C(=O)O)CCC4CC5)cc3C(F)(F)F)c2Cl)ccc1CNC[C@@H]1CCC(=O)C1. The van der Waals surface area contributed by atoms with Crippen LogP contribution in [0, 0.1) is 11.3 Å². The zero-order valence-corrected chi connectivity index (χ0v) is 33.3. The van der Waals surface area contributed by atoms with Gasteiger partial charge in [0.2, 0.25) is 11.8 Å². The zero-order chi connectivity index (χ0) is 40.8. The third-order valence-corrected chi connectivity index (χ3v) is 13.1. The van der Waals surface area contributed by atoms with Crippen LogP contribution in [0.15, 0.2) is 60.7 Å². The van der Waals surface area contributed by atoms with Gasteiger partial charge < -0.3 is 24.6 Å². The summed E-state index contributed by atoms with van der Waals surface area (Å²) >= 11 is 7.19. The fourth-order valence-corrected chi connectivity index (χ4v) is 9.95. The van der Waals surface area contributed by atoms with E-state index in [1.807, 2.05) is 59.5 Å². The Labute approximate surface area is 340 Å². The molecule has 306 valence electrons. The summed E-state index contributed by atoms with van der Waals surface area (Å²) in [4.78, 5) is 30.1. The number of rotatable bonds is 13. The molecule has 2 aliphatic heterocycles. The van der Waals surface area contributed by atoms with Gasteiger partial charge in [0.25, 0.3) is 0 Å². The molecular formula is C45H47ClF3N3O6. The standard InChI is InChI=1S/C45H47ClF3N3O6/c1-56-39-21-27(10-11-28(39)23-50-22-26-9-12-31(53)19-26)32-5-3-8-36(40(32)46)33-6-4-7-35-34(33)13-14-38(35)58-42-37(45(47,48)49)20-29(41(51-42)57-2)24-52-25-44(43(54)55)17-15-30(52)16-18-44/h3-8,10-11,20-21,26,30,38,50H,9,12-19,22-25H2,1-2H3,(H,54,55)/t26-,30?,38+,44?/m1/s1. The minimum Gasteiger partial charge on any atom is -0.496 e. The number of ether oxygens (including phenoxy) is 3. The third kappa shape index (κ3) is 7.78. The average Bonchev–Trinajstić information content (AvgIpc) is 3.83. The van der Waals surface area contributed by atoms with Gasteiger partial charge in [0.15, 0.2) is 0 Å². The van der Waals surface area contributed by atoms with Crippen molar-refractivity contribution in [1.29, 1.82) is 0 Å². The summed E-state index contributed by atoms with van der Waals surface area (Å²) < 4.78 is 61.7. The van der Waals surface area contributed by atoms with Crippen molar-refractivity contribution in [3.05, 3.63) is 93.5 Å². The lowest BCUT2D eigenvalue weighted by molar-refractivity contribution is -0.160. The molecule has 3 aliphatic carbocycles. The molecule has 2 saturated carbocycles. The Kier molecular flexibility index (Phi) is 11.2. The number of fused-ring (bicyclic) bond motifs is 4. The highest BCUT2D eigenvalue weighted by Crippen LogP contribution is 2.48. The molecule has 2 saturated heterocycles. The van der Waals surface area contributed by atoms with E-state index < -0.39 is 35.1 Å². The lowest BCUT2D eigenvalue weighted by Gasteiger charge is -2.50. The lowest BCUT2D eigenvalue weighted by Crippen LogP contribution is -2.56. The van der Waals surface area contributed by atoms with Crippen molar-refractivity contribution < 1.29 is 42.1 Å². The van der Waals surface area contributed by atoms with Crippen LogP contribution in [0.5, 0.6) is 17.5 Å². The van der Waals surface area contributed by atoms with Gasteiger partial charge in [-0.05, 0) is 91.8 Å². The molecule has 2 atom stereocenters. The highest BCUT2D eigenvalue weighted by Gasteiger charge is 2.50. The van der Waals surface area contributed by atoms with Crippen molar-refractivity contribution in [3.63, 3.8) is 0 Å². The van der Waals surface area contributed by atoms with Crippen LogP contribution >= 0.6 is 11.6 Å². The maximum Gasteiger partial charge on any atom is 0.421 e. The molecule has 58 heavy (non-hydrogen) atoms. The Balaban J connectivity index is 1.03. The number of hydrogen-bond acceptors (Lipinski definition) is 8. The number of piperidine rings is 2. The molecule has 0 radical (unpaired) electrons. The number of pyridine rings is 1. The molecule has 0 spiro atoms. The number of benzene rings is 3. The Morgan fingerprint density at radius 1 is 0.948 bits per heavy atom. The molecule has 9 nitrogen and oxygen atoms in total. The Morgan fingerprint density at radius 3 is 2.41 bits per heavy atom. The van der Waals surface area contributed by atoms with Gasteiger partial charge in [-0.3, -0.25) is 14.5 Å². The van der Waals surface area contributed by atoms with Crippen molar-refractivity contribution in [2.24, 2.45) is 11.3 Å². The van der Waals surface area contributed by atoms with Crippen LogP contribution < -0.4 is 19.5 Å². The summed E-state index contributed by atoms with van der Waals surface area (Å²) in [5.41, 5.74) is 4.41. The number of hydrogen-bond donors (Lipinski definition) is 2. The number of carboxylic acid groups (broad SMARTS) is 1. The number of Topliss-reactive ketones (excluding diaryl/α,β-unsaturated/α-hetero) is 1. The number of aromatic nitrogens is 1. The molecular weight excluding hydrogens is 771 g/mol. The second-order valence-electron chi connectivity index (χ2n) is 16.2. The van der Waals surface area contributed by atoms with Gasteiger partial charge in [-0.15, -0.1) is 0 Å². The number of aliphatic carboxylic acids is 1. The number of carboxylic acids is 1. The van der Waals surface area contributed by atoms with Crippen molar-refractivity contribution in [2.75, 3.05) is 27.3 Å². The molecule has 13 heteroatoms. The number of ketones is 1. The van der Waals surface area contributed by atoms with Gasteiger partial charge in [-0.25, -0.2) is 0 Å². The summed E-state index contributed by atoms with van der Waals surface area (Å²) in [6.07, 6.45) is 0.236. The van der Waals surface area contributed by atoms with Crippen molar-refractivity contribution in [2.45, 2.75) is 89.2 Å². The van der Waals surface area contributed by atoms with E-state index in [1.54, 1.807) is 7.11 Å². The summed E-state index contributed by atoms with van der Waals surface area (Å²) in [5, 5.41) is 14.0. The first-order valence-corrected chi connectivity index (χ1v) is 20.3. The molecule has 2 N–H and O–H groups in total. The first-order chi connectivity index (χ1) is 27.9. The van der Waals surface area contributed by atoms with Crippen LogP contribution in [0.3, 0.4) is 0 Å². The van der Waals surface area contributed by atoms with E-state index in [9.17, 15) is 27.9 Å². The van der Waals surface area contributed by atoms with E-state index in [-0.39, 0.29) is 30.6 Å². The fraction of sp³-hybridized carbons (Fsp3) is 0.444. The van der Waals surface area contributed by atoms with Gasteiger partial charge in [-0.2, -0.15) is 18.2 Å². The first-order valence-electron chi connectivity index (χ1n) is 20.0. The number of methoxy groups -OCH3 is 2. The fourth-order valence-electron chi connectivity index (χ4n) is 9.61. The summed E-state index contributed by atoms with van der Waals surface area (Å²) in [5.74, 6) is 0.0207. The van der Waals surface area contributed by atoms with Crippen LogP contribution in [0.2, 0.25) is 5.02 Å². The normalized spacial score (nSPS) is 22.9. The van der Waals surface area contributed by atoms with Gasteiger partial charge in [0, 0.05) is 60.8 Å². The molecule has 3 heterocycles. The maximum absolute atomic E-state index is 14.7. The average molecular weight is 818 g/mol. The van der Waals surface area contributed by atoms with Crippen LogP contribution in [-0.4, -0.2) is 60.1 Å². The van der Waals surface area contributed by atoms with Gasteiger partial charge >= 0.3 is 12.1 Å². The molecule has 3 aromatic carbocycles. The van der Waals surface area contributed by atoms with Crippen molar-refractivity contribution >= 4 is 23.4 Å². The number of carbonyl (C=O) groups is 2. The molecule has 4 aromatic rings. The summed E-state index contributed by atoms with van der Waals surface area (Å²) in [7, 11) is 3.00. The molecule has 2 bridgehead atoms. The largest absolute Gasteiger partial charge is 0.496 e. The molecule has 4 fully saturated rings. The van der Waals surface area contributed by atoms with Gasteiger partial charge in [-0.1, -0.05) is 60.1 Å². The number of carbonyl (C=O) groups excluding carboxylic acids is 1. The van der Waals surface area contributed by atoms with E-state index in [0.29, 0.717) is 74.6 Å². The quantitative estimate of drug-likeness (QED) is 0.136. The zero-order valence-electron chi connectivity index (χ0n) is 32.6. The number of halogens is 4. The van der Waals surface area contributed by atoms with E-state index in [2.05, 4.69) is 10.3 Å². The lowest BCUT2D eigenvalue weighted by atomic mass is 9.67. The smallest absolute Gasteiger partial charge is 0.421 e. The van der Waals surface area contributed by atoms with Gasteiger partial charge in [0.05, 0.1) is 24.7 Å².